The van der Waals surface area contributed by atoms with Crippen LogP contribution in [0.4, 0.5) is 0 Å². The Bertz CT molecular complexity index is 464. The van der Waals surface area contributed by atoms with Gasteiger partial charge in [0, 0.05) is 6.61 Å². The molecule has 0 saturated heterocycles. The van der Waals surface area contributed by atoms with Crippen LogP contribution >= 0.6 is 15.9 Å². The molecule has 0 bridgehead atoms. The molecule has 1 N–H and O–H groups in total. The fraction of sp³-hybridized carbons (Fsp3) is 0.667. The van der Waals surface area contributed by atoms with Crippen LogP contribution in [0.25, 0.3) is 0 Å². The van der Waals surface area contributed by atoms with Crippen LogP contribution in [0.5, 0.6) is 0 Å². The van der Waals surface area contributed by atoms with Crippen molar-refractivity contribution in [3.63, 3.8) is 0 Å². The SMILES string of the molecule is CCOC1(c2nc(C)c(Br)c(=O)[nH]2)CCCC1. The molecule has 1 aromatic heterocycles. The molecule has 0 radical (unpaired) electrons. The van der Waals surface area contributed by atoms with E-state index in [1.807, 2.05) is 13.8 Å². The van der Waals surface area contributed by atoms with Crippen molar-refractivity contribution in [2.45, 2.75) is 45.1 Å². The normalized spacial score (nSPS) is 18.5. The van der Waals surface area contributed by atoms with E-state index < -0.39 is 0 Å². The standard InChI is InChI=1S/C12H17BrN2O2/c1-3-17-12(6-4-5-7-12)11-14-8(2)9(13)10(16)15-11/h3-7H2,1-2H3,(H,14,15,16). The highest BCUT2D eigenvalue weighted by atomic mass is 79.9. The lowest BCUT2D eigenvalue weighted by atomic mass is 10.0. The zero-order valence-corrected chi connectivity index (χ0v) is 11.8. The van der Waals surface area contributed by atoms with Gasteiger partial charge in [-0.05, 0) is 55.5 Å². The van der Waals surface area contributed by atoms with Crippen molar-refractivity contribution in [2.24, 2.45) is 0 Å². The zero-order chi connectivity index (χ0) is 12.5. The first-order chi connectivity index (χ1) is 8.09. The maximum absolute atomic E-state index is 11.8. The van der Waals surface area contributed by atoms with E-state index in [0.29, 0.717) is 16.9 Å². The zero-order valence-electron chi connectivity index (χ0n) is 10.2. The number of H-pyrrole nitrogens is 1. The number of rotatable bonds is 3. The van der Waals surface area contributed by atoms with E-state index in [4.69, 9.17) is 4.74 Å². The molecule has 1 heterocycles. The highest BCUT2D eigenvalue weighted by Gasteiger charge is 2.39. The van der Waals surface area contributed by atoms with Gasteiger partial charge in [-0.15, -0.1) is 0 Å². The van der Waals surface area contributed by atoms with Crippen LogP contribution in [-0.4, -0.2) is 16.6 Å². The smallest absolute Gasteiger partial charge is 0.265 e. The topological polar surface area (TPSA) is 55.0 Å². The van der Waals surface area contributed by atoms with Crippen molar-refractivity contribution in [1.29, 1.82) is 0 Å². The van der Waals surface area contributed by atoms with E-state index in [2.05, 4.69) is 25.9 Å². The molecule has 94 valence electrons. The van der Waals surface area contributed by atoms with E-state index in [1.54, 1.807) is 0 Å². The van der Waals surface area contributed by atoms with E-state index in [-0.39, 0.29) is 11.2 Å². The molecule has 4 nitrogen and oxygen atoms in total. The van der Waals surface area contributed by atoms with Gasteiger partial charge in [0.1, 0.15) is 15.9 Å². The highest BCUT2D eigenvalue weighted by molar-refractivity contribution is 9.10. The second kappa shape index (κ2) is 4.90. The number of ether oxygens (including phenoxy) is 1. The molecule has 0 unspecified atom stereocenters. The minimum atomic E-state index is -0.376. The Balaban J connectivity index is 2.47. The number of aryl methyl sites for hydroxylation is 1. The highest BCUT2D eigenvalue weighted by Crippen LogP contribution is 2.40. The Morgan fingerprint density at radius 1 is 1.47 bits per heavy atom. The summed E-state index contributed by atoms with van der Waals surface area (Å²) in [6.45, 7) is 4.44. The molecule has 0 spiro atoms. The summed E-state index contributed by atoms with van der Waals surface area (Å²) in [7, 11) is 0. The molecular formula is C12H17BrN2O2. The summed E-state index contributed by atoms with van der Waals surface area (Å²) in [5, 5.41) is 0. The Labute approximate surface area is 109 Å². The van der Waals surface area contributed by atoms with Gasteiger partial charge in [0.15, 0.2) is 0 Å². The maximum atomic E-state index is 11.8. The van der Waals surface area contributed by atoms with Gasteiger partial charge in [0.05, 0.1) is 5.69 Å². The second-order valence-electron chi connectivity index (χ2n) is 4.45. The molecule has 1 aliphatic carbocycles. The Hall–Kier alpha value is -0.680. The monoisotopic (exact) mass is 300 g/mol. The number of hydrogen-bond acceptors (Lipinski definition) is 3. The summed E-state index contributed by atoms with van der Waals surface area (Å²) in [4.78, 5) is 19.1. The van der Waals surface area contributed by atoms with Crippen molar-refractivity contribution in [2.75, 3.05) is 6.61 Å². The van der Waals surface area contributed by atoms with Crippen molar-refractivity contribution in [3.05, 3.63) is 26.3 Å². The number of aromatic amines is 1. The lowest BCUT2D eigenvalue weighted by Crippen LogP contribution is -2.32. The average Bonchev–Trinajstić information content (AvgIpc) is 2.75. The molecule has 1 saturated carbocycles. The molecule has 5 heteroatoms. The molecule has 0 aromatic carbocycles. The number of aromatic nitrogens is 2. The van der Waals surface area contributed by atoms with Gasteiger partial charge in [-0.2, -0.15) is 0 Å². The number of nitrogens with zero attached hydrogens (tertiary/aromatic N) is 1. The third-order valence-corrected chi connectivity index (χ3v) is 4.23. The Morgan fingerprint density at radius 3 is 2.65 bits per heavy atom. The molecule has 0 aliphatic heterocycles. The third-order valence-electron chi connectivity index (χ3n) is 3.29. The fourth-order valence-corrected chi connectivity index (χ4v) is 2.65. The second-order valence-corrected chi connectivity index (χ2v) is 5.24. The van der Waals surface area contributed by atoms with Gasteiger partial charge in [0.2, 0.25) is 0 Å². The predicted molar refractivity (Wildman–Crippen MR) is 69.1 cm³/mol. The molecule has 1 fully saturated rings. The summed E-state index contributed by atoms with van der Waals surface area (Å²) < 4.78 is 6.38. The van der Waals surface area contributed by atoms with E-state index in [1.165, 1.54) is 0 Å². The van der Waals surface area contributed by atoms with Gasteiger partial charge in [-0.25, -0.2) is 4.98 Å². The Kier molecular flexibility index (Phi) is 3.68. The van der Waals surface area contributed by atoms with Crippen LogP contribution in [0.15, 0.2) is 9.27 Å². The molecule has 2 rings (SSSR count). The molecular weight excluding hydrogens is 284 g/mol. The molecule has 0 atom stereocenters. The van der Waals surface area contributed by atoms with Gasteiger partial charge in [-0.1, -0.05) is 0 Å². The molecule has 17 heavy (non-hydrogen) atoms. The van der Waals surface area contributed by atoms with Gasteiger partial charge < -0.3 is 9.72 Å². The van der Waals surface area contributed by atoms with Crippen LogP contribution in [0.1, 0.15) is 44.1 Å². The predicted octanol–water partition coefficient (Wildman–Crippen LogP) is 2.65. The van der Waals surface area contributed by atoms with Crippen LogP contribution in [0, 0.1) is 6.92 Å². The minimum absolute atomic E-state index is 0.126. The summed E-state index contributed by atoms with van der Waals surface area (Å²) in [6, 6.07) is 0. The van der Waals surface area contributed by atoms with Crippen LogP contribution in [-0.2, 0) is 10.3 Å². The lowest BCUT2D eigenvalue weighted by Gasteiger charge is -2.27. The van der Waals surface area contributed by atoms with Crippen LogP contribution < -0.4 is 5.56 Å². The Morgan fingerprint density at radius 2 is 2.12 bits per heavy atom. The molecule has 1 aromatic rings. The fourth-order valence-electron chi connectivity index (χ4n) is 2.46. The minimum Gasteiger partial charge on any atom is -0.367 e. The summed E-state index contributed by atoms with van der Waals surface area (Å²) in [6.07, 6.45) is 4.12. The summed E-state index contributed by atoms with van der Waals surface area (Å²) >= 11 is 3.23. The van der Waals surface area contributed by atoms with Gasteiger partial charge in [0.25, 0.3) is 5.56 Å². The third kappa shape index (κ3) is 2.31. The van der Waals surface area contributed by atoms with Gasteiger partial charge >= 0.3 is 0 Å². The molecule has 1 aliphatic rings. The maximum Gasteiger partial charge on any atom is 0.265 e. The largest absolute Gasteiger partial charge is 0.367 e. The summed E-state index contributed by atoms with van der Waals surface area (Å²) in [5.74, 6) is 0.683. The quantitative estimate of drug-likeness (QED) is 0.934. The first-order valence-electron chi connectivity index (χ1n) is 6.00. The van der Waals surface area contributed by atoms with Crippen molar-refractivity contribution >= 4 is 15.9 Å². The summed E-state index contributed by atoms with van der Waals surface area (Å²) in [5.41, 5.74) is 0.215. The van der Waals surface area contributed by atoms with E-state index >= 15 is 0 Å². The van der Waals surface area contributed by atoms with Crippen molar-refractivity contribution in [1.82, 2.24) is 9.97 Å². The number of hydrogen-bond donors (Lipinski definition) is 1. The lowest BCUT2D eigenvalue weighted by molar-refractivity contribution is -0.0460. The van der Waals surface area contributed by atoms with Gasteiger partial charge in [-0.3, -0.25) is 4.79 Å². The average molecular weight is 301 g/mol. The first kappa shape index (κ1) is 12.8. The van der Waals surface area contributed by atoms with Crippen molar-refractivity contribution in [3.8, 4) is 0 Å². The molecule has 0 amide bonds. The van der Waals surface area contributed by atoms with Crippen LogP contribution in [0.3, 0.4) is 0 Å². The van der Waals surface area contributed by atoms with Crippen molar-refractivity contribution < 1.29 is 4.74 Å². The first-order valence-corrected chi connectivity index (χ1v) is 6.79. The van der Waals surface area contributed by atoms with E-state index in [0.717, 1.165) is 31.4 Å². The van der Waals surface area contributed by atoms with Crippen LogP contribution in [0.2, 0.25) is 0 Å². The van der Waals surface area contributed by atoms with E-state index in [9.17, 15) is 4.79 Å². The number of halogens is 1. The number of nitrogens with one attached hydrogen (secondary N) is 1.